The Balaban J connectivity index is 1.50. The topological polar surface area (TPSA) is 142 Å². The first kappa shape index (κ1) is 24.8. The number of benzene rings is 2. The van der Waals surface area contributed by atoms with Crippen molar-refractivity contribution in [3.8, 4) is 0 Å². The van der Waals surface area contributed by atoms with Crippen LogP contribution in [0.25, 0.3) is 0 Å². The molecule has 1 heterocycles. The summed E-state index contributed by atoms with van der Waals surface area (Å²) in [7, 11) is 1.54. The van der Waals surface area contributed by atoms with Crippen LogP contribution in [0.3, 0.4) is 0 Å². The predicted molar refractivity (Wildman–Crippen MR) is 139 cm³/mol. The van der Waals surface area contributed by atoms with Crippen LogP contribution in [0.5, 0.6) is 0 Å². The molecule has 3 aromatic rings. The van der Waals surface area contributed by atoms with Crippen LogP contribution in [0.4, 0.5) is 17.2 Å². The third kappa shape index (κ3) is 5.65. The second-order valence-corrected chi connectivity index (χ2v) is 8.97. The van der Waals surface area contributed by atoms with E-state index in [0.717, 1.165) is 31.2 Å². The number of nitrogens with two attached hydrogens (primary N) is 1. The zero-order valence-electron chi connectivity index (χ0n) is 20.1. The Morgan fingerprint density at radius 1 is 1.06 bits per heavy atom. The fraction of sp³-hybridized carbons (Fsp3) is 0.308. The zero-order chi connectivity index (χ0) is 25.7. The summed E-state index contributed by atoms with van der Waals surface area (Å²) in [6, 6.07) is 16.1. The number of amides is 2. The minimum atomic E-state index is -0.687. The number of carbonyl (C=O) groups excluding carboxylic acids is 2. The molecule has 0 spiro atoms. The molecule has 188 valence electrons. The molecule has 36 heavy (non-hydrogen) atoms. The van der Waals surface area contributed by atoms with Gasteiger partial charge in [-0.2, -0.15) is 0 Å². The number of nitrogens with zero attached hydrogens (tertiary/aromatic N) is 2. The van der Waals surface area contributed by atoms with Crippen molar-refractivity contribution in [2.75, 3.05) is 29.5 Å². The van der Waals surface area contributed by atoms with Gasteiger partial charge in [-0.3, -0.25) is 23.9 Å². The SMILES string of the molecule is CN(CC(=O)Nc1ccccc1C(=O)NC1CCCC1)c1c(N)n(Cc2ccccc2)c(=O)[nH]c1=O. The Kier molecular flexibility index (Phi) is 7.53. The van der Waals surface area contributed by atoms with Crippen molar-refractivity contribution in [2.24, 2.45) is 0 Å². The van der Waals surface area contributed by atoms with Gasteiger partial charge in [0.25, 0.3) is 11.5 Å². The summed E-state index contributed by atoms with van der Waals surface area (Å²) in [5, 5.41) is 5.79. The van der Waals surface area contributed by atoms with Crippen LogP contribution in [0.1, 0.15) is 41.6 Å². The molecule has 2 amide bonds. The number of H-pyrrole nitrogens is 1. The summed E-state index contributed by atoms with van der Waals surface area (Å²) >= 11 is 0. The predicted octanol–water partition coefficient (Wildman–Crippen LogP) is 1.91. The van der Waals surface area contributed by atoms with Crippen molar-refractivity contribution in [3.63, 3.8) is 0 Å². The Labute approximate surface area is 208 Å². The van der Waals surface area contributed by atoms with Crippen LogP contribution in [-0.4, -0.2) is 41.0 Å². The van der Waals surface area contributed by atoms with Gasteiger partial charge in [0.2, 0.25) is 5.91 Å². The second kappa shape index (κ2) is 10.9. The Morgan fingerprint density at radius 2 is 1.72 bits per heavy atom. The fourth-order valence-corrected chi connectivity index (χ4v) is 4.48. The van der Waals surface area contributed by atoms with Gasteiger partial charge in [-0.15, -0.1) is 0 Å². The Hall–Kier alpha value is -4.34. The lowest BCUT2D eigenvalue weighted by Crippen LogP contribution is -2.40. The molecule has 5 N–H and O–H groups in total. The summed E-state index contributed by atoms with van der Waals surface area (Å²) in [6.07, 6.45) is 4.09. The third-order valence-corrected chi connectivity index (χ3v) is 6.30. The van der Waals surface area contributed by atoms with E-state index in [1.54, 1.807) is 24.3 Å². The number of hydrogen-bond acceptors (Lipinski definition) is 6. The summed E-state index contributed by atoms with van der Waals surface area (Å²) in [6.45, 7) is -0.0613. The minimum absolute atomic E-state index is 0.00735. The van der Waals surface area contributed by atoms with Gasteiger partial charge in [0, 0.05) is 13.1 Å². The van der Waals surface area contributed by atoms with E-state index in [4.69, 9.17) is 5.73 Å². The smallest absolute Gasteiger partial charge is 0.330 e. The van der Waals surface area contributed by atoms with Crippen LogP contribution >= 0.6 is 0 Å². The molecule has 10 heteroatoms. The van der Waals surface area contributed by atoms with Gasteiger partial charge < -0.3 is 21.3 Å². The maximum absolute atomic E-state index is 12.9. The molecular weight excluding hydrogens is 460 g/mol. The molecule has 0 aliphatic heterocycles. The maximum Gasteiger partial charge on any atom is 0.330 e. The van der Waals surface area contributed by atoms with E-state index in [9.17, 15) is 19.2 Å². The second-order valence-electron chi connectivity index (χ2n) is 8.97. The Bertz CT molecular complexity index is 1360. The summed E-state index contributed by atoms with van der Waals surface area (Å²) in [5.41, 5.74) is 6.48. The first-order valence-corrected chi connectivity index (χ1v) is 11.9. The zero-order valence-corrected chi connectivity index (χ0v) is 20.1. The first-order chi connectivity index (χ1) is 17.3. The molecule has 1 aromatic heterocycles. The largest absolute Gasteiger partial charge is 0.383 e. The van der Waals surface area contributed by atoms with Gasteiger partial charge >= 0.3 is 5.69 Å². The summed E-state index contributed by atoms with van der Waals surface area (Å²) < 4.78 is 1.25. The highest BCUT2D eigenvalue weighted by molar-refractivity contribution is 6.04. The summed E-state index contributed by atoms with van der Waals surface area (Å²) in [4.78, 5) is 54.3. The molecule has 0 bridgehead atoms. The molecule has 2 aromatic carbocycles. The molecule has 0 atom stereocenters. The lowest BCUT2D eigenvalue weighted by Gasteiger charge is -2.22. The Morgan fingerprint density at radius 3 is 2.44 bits per heavy atom. The van der Waals surface area contributed by atoms with Gasteiger partial charge in [-0.05, 0) is 30.5 Å². The first-order valence-electron chi connectivity index (χ1n) is 11.9. The van der Waals surface area contributed by atoms with E-state index in [0.29, 0.717) is 11.3 Å². The summed E-state index contributed by atoms with van der Waals surface area (Å²) in [5.74, 6) is -0.725. The van der Waals surface area contributed by atoms with Gasteiger partial charge in [0.05, 0.1) is 24.3 Å². The molecule has 1 fully saturated rings. The average molecular weight is 491 g/mol. The number of aromatic nitrogens is 2. The van der Waals surface area contributed by atoms with Crippen LogP contribution in [0.2, 0.25) is 0 Å². The third-order valence-electron chi connectivity index (χ3n) is 6.30. The number of nitrogen functional groups attached to an aromatic ring is 1. The van der Waals surface area contributed by atoms with Gasteiger partial charge in [0.1, 0.15) is 11.5 Å². The van der Waals surface area contributed by atoms with E-state index in [-0.39, 0.29) is 36.5 Å². The molecule has 0 saturated heterocycles. The van der Waals surface area contributed by atoms with Crippen molar-refractivity contribution < 1.29 is 9.59 Å². The number of rotatable bonds is 8. The van der Waals surface area contributed by atoms with Gasteiger partial charge in [0.15, 0.2) is 0 Å². The molecule has 1 saturated carbocycles. The normalized spacial score (nSPS) is 13.4. The minimum Gasteiger partial charge on any atom is -0.383 e. The van der Waals surface area contributed by atoms with Crippen LogP contribution < -0.4 is 32.5 Å². The lowest BCUT2D eigenvalue weighted by molar-refractivity contribution is -0.114. The number of aromatic amines is 1. The monoisotopic (exact) mass is 490 g/mol. The lowest BCUT2D eigenvalue weighted by atomic mass is 10.1. The molecule has 1 aliphatic rings. The maximum atomic E-state index is 12.9. The van der Waals surface area contributed by atoms with Crippen LogP contribution in [-0.2, 0) is 11.3 Å². The van der Waals surface area contributed by atoms with Gasteiger partial charge in [-0.25, -0.2) is 4.79 Å². The fourth-order valence-electron chi connectivity index (χ4n) is 4.48. The van der Waals surface area contributed by atoms with Crippen LogP contribution in [0, 0.1) is 0 Å². The number of carbonyl (C=O) groups is 2. The van der Waals surface area contributed by atoms with Crippen molar-refractivity contribution in [2.45, 2.75) is 38.3 Å². The molecule has 0 radical (unpaired) electrons. The number of anilines is 3. The standard InChI is InChI=1S/C26H30N6O4/c1-31(22-23(27)32(26(36)30-25(22)35)15-17-9-3-2-4-10-17)16-21(33)29-20-14-8-7-13-19(20)24(34)28-18-11-5-6-12-18/h2-4,7-10,13-14,18H,5-6,11-12,15-16,27H2,1H3,(H,28,34)(H,29,33)(H,30,35,36). The van der Waals surface area contributed by atoms with Crippen LogP contribution in [0.15, 0.2) is 64.2 Å². The van der Waals surface area contributed by atoms with Gasteiger partial charge in [-0.1, -0.05) is 55.3 Å². The van der Waals surface area contributed by atoms with Crippen molar-refractivity contribution in [1.29, 1.82) is 0 Å². The molecule has 0 unspecified atom stereocenters. The number of nitrogens with one attached hydrogen (secondary N) is 3. The van der Waals surface area contributed by atoms with E-state index in [1.165, 1.54) is 16.5 Å². The highest BCUT2D eigenvalue weighted by Crippen LogP contribution is 2.21. The highest BCUT2D eigenvalue weighted by atomic mass is 16.2. The average Bonchev–Trinajstić information content (AvgIpc) is 3.35. The quantitative estimate of drug-likeness (QED) is 0.380. The molecular formula is C26H30N6O4. The number of hydrogen-bond donors (Lipinski definition) is 4. The highest BCUT2D eigenvalue weighted by Gasteiger charge is 2.22. The molecule has 10 nitrogen and oxygen atoms in total. The van der Waals surface area contributed by atoms with Crippen molar-refractivity contribution >= 4 is 29.0 Å². The molecule has 4 rings (SSSR count). The van der Waals surface area contributed by atoms with E-state index < -0.39 is 17.2 Å². The number of para-hydroxylation sites is 1. The van der Waals surface area contributed by atoms with Crippen molar-refractivity contribution in [3.05, 3.63) is 86.6 Å². The van der Waals surface area contributed by atoms with E-state index in [2.05, 4.69) is 15.6 Å². The van der Waals surface area contributed by atoms with E-state index in [1.807, 2.05) is 30.3 Å². The number of likely N-dealkylation sites (N-methyl/N-ethyl adjacent to an activating group) is 1. The molecule has 1 aliphatic carbocycles. The van der Waals surface area contributed by atoms with E-state index >= 15 is 0 Å². The van der Waals surface area contributed by atoms with Crippen molar-refractivity contribution in [1.82, 2.24) is 14.9 Å².